The summed E-state index contributed by atoms with van der Waals surface area (Å²) in [5.41, 5.74) is 1.16. The Morgan fingerprint density at radius 2 is 2.00 bits per heavy atom. The number of nitrogens with one attached hydrogen (secondary N) is 1. The van der Waals surface area contributed by atoms with Crippen molar-refractivity contribution in [2.24, 2.45) is 0 Å². The van der Waals surface area contributed by atoms with Crippen LogP contribution in [-0.2, 0) is 6.54 Å². The van der Waals surface area contributed by atoms with Crippen LogP contribution in [0.25, 0.3) is 0 Å². The molecule has 0 bridgehead atoms. The minimum atomic E-state index is 0.722. The van der Waals surface area contributed by atoms with Gasteiger partial charge in [-0.1, -0.05) is 25.5 Å². The highest BCUT2D eigenvalue weighted by Crippen LogP contribution is 2.31. The van der Waals surface area contributed by atoms with E-state index < -0.39 is 0 Å². The van der Waals surface area contributed by atoms with Crippen LogP contribution in [0.3, 0.4) is 0 Å². The van der Waals surface area contributed by atoms with Crippen molar-refractivity contribution in [2.45, 2.75) is 32.7 Å². The summed E-state index contributed by atoms with van der Waals surface area (Å²) in [4.78, 5) is 2.49. The van der Waals surface area contributed by atoms with Crippen LogP contribution in [0.5, 0.6) is 11.5 Å². The molecule has 0 aliphatic carbocycles. The average Bonchev–Trinajstić information content (AvgIpc) is 2.54. The third kappa shape index (κ3) is 4.90. The summed E-state index contributed by atoms with van der Waals surface area (Å²) in [5.74, 6) is 1.71. The number of benzene rings is 1. The van der Waals surface area contributed by atoms with Crippen LogP contribution in [0.15, 0.2) is 18.2 Å². The normalized spacial score (nSPS) is 15.9. The first-order chi connectivity index (χ1) is 10.3. The van der Waals surface area contributed by atoms with Crippen LogP contribution in [0.2, 0.25) is 0 Å². The molecule has 1 saturated heterocycles. The zero-order valence-corrected chi connectivity index (χ0v) is 13.4. The van der Waals surface area contributed by atoms with Gasteiger partial charge in [0.2, 0.25) is 0 Å². The molecule has 1 aliphatic heterocycles. The van der Waals surface area contributed by atoms with Crippen LogP contribution in [0, 0.1) is 0 Å². The van der Waals surface area contributed by atoms with E-state index in [0.717, 1.165) is 43.3 Å². The number of methoxy groups -OCH3 is 1. The van der Waals surface area contributed by atoms with E-state index in [9.17, 15) is 0 Å². The Balaban J connectivity index is 1.92. The van der Waals surface area contributed by atoms with E-state index in [1.54, 1.807) is 7.11 Å². The average molecular weight is 292 g/mol. The minimum Gasteiger partial charge on any atom is -0.493 e. The van der Waals surface area contributed by atoms with E-state index in [1.807, 2.05) is 12.1 Å². The molecule has 1 aliphatic rings. The Morgan fingerprint density at radius 3 is 2.71 bits per heavy atom. The molecular formula is C17H28N2O2. The predicted octanol–water partition coefficient (Wildman–Crippen LogP) is 2.67. The molecule has 4 heteroatoms. The number of rotatable bonds is 8. The summed E-state index contributed by atoms with van der Waals surface area (Å²) in [6.07, 6.45) is 4.01. The highest BCUT2D eigenvalue weighted by Gasteiger charge is 2.13. The first-order valence-corrected chi connectivity index (χ1v) is 8.07. The first-order valence-electron chi connectivity index (χ1n) is 8.07. The zero-order chi connectivity index (χ0) is 14.9. The molecule has 0 unspecified atom stereocenters. The van der Waals surface area contributed by atoms with Gasteiger partial charge < -0.3 is 14.8 Å². The summed E-state index contributed by atoms with van der Waals surface area (Å²) in [6, 6.07) is 6.08. The van der Waals surface area contributed by atoms with Gasteiger partial charge in [-0.2, -0.15) is 0 Å². The van der Waals surface area contributed by atoms with Crippen molar-refractivity contribution in [1.29, 1.82) is 0 Å². The van der Waals surface area contributed by atoms with Gasteiger partial charge in [-0.15, -0.1) is 0 Å². The van der Waals surface area contributed by atoms with Crippen LogP contribution >= 0.6 is 0 Å². The summed E-state index contributed by atoms with van der Waals surface area (Å²) in [7, 11) is 1.70. The molecule has 0 atom stereocenters. The fourth-order valence-electron chi connectivity index (χ4n) is 2.74. The molecule has 0 radical (unpaired) electrons. The van der Waals surface area contributed by atoms with E-state index in [2.05, 4.69) is 23.2 Å². The highest BCUT2D eigenvalue weighted by molar-refractivity contribution is 5.46. The predicted molar refractivity (Wildman–Crippen MR) is 86.2 cm³/mol. The van der Waals surface area contributed by atoms with Crippen LogP contribution in [0.1, 0.15) is 31.7 Å². The molecule has 118 valence electrons. The zero-order valence-electron chi connectivity index (χ0n) is 13.4. The monoisotopic (exact) mass is 292 g/mol. The maximum Gasteiger partial charge on any atom is 0.165 e. The van der Waals surface area contributed by atoms with E-state index in [1.165, 1.54) is 32.4 Å². The van der Waals surface area contributed by atoms with E-state index in [-0.39, 0.29) is 0 Å². The van der Waals surface area contributed by atoms with Crippen molar-refractivity contribution < 1.29 is 9.47 Å². The molecule has 0 saturated carbocycles. The van der Waals surface area contributed by atoms with Gasteiger partial charge in [0.1, 0.15) is 6.61 Å². The number of nitrogens with zero attached hydrogens (tertiary/aromatic N) is 1. The van der Waals surface area contributed by atoms with Gasteiger partial charge in [0.25, 0.3) is 0 Å². The lowest BCUT2D eigenvalue weighted by Gasteiger charge is -2.26. The SMILES string of the molecule is CCNCc1cccc(OC)c1OCCN1CCCCC1. The maximum absolute atomic E-state index is 6.05. The van der Waals surface area contributed by atoms with Crippen molar-refractivity contribution >= 4 is 0 Å². The molecule has 1 N–H and O–H groups in total. The number of hydrogen-bond acceptors (Lipinski definition) is 4. The second-order valence-electron chi connectivity index (χ2n) is 5.48. The lowest BCUT2D eigenvalue weighted by Crippen LogP contribution is -2.33. The Kier molecular flexibility index (Phi) is 6.83. The molecule has 0 amide bonds. The smallest absolute Gasteiger partial charge is 0.165 e. The summed E-state index contributed by atoms with van der Waals surface area (Å²) < 4.78 is 11.5. The van der Waals surface area contributed by atoms with Crippen molar-refractivity contribution in [3.63, 3.8) is 0 Å². The summed E-state index contributed by atoms with van der Waals surface area (Å²) in [6.45, 7) is 8.01. The largest absolute Gasteiger partial charge is 0.493 e. The molecule has 1 fully saturated rings. The van der Waals surface area contributed by atoms with Crippen molar-refractivity contribution in [2.75, 3.05) is 39.9 Å². The van der Waals surface area contributed by atoms with Gasteiger partial charge in [-0.05, 0) is 38.5 Å². The second-order valence-corrected chi connectivity index (χ2v) is 5.48. The van der Waals surface area contributed by atoms with Gasteiger partial charge >= 0.3 is 0 Å². The van der Waals surface area contributed by atoms with Crippen LogP contribution < -0.4 is 14.8 Å². The van der Waals surface area contributed by atoms with Gasteiger partial charge in [0, 0.05) is 18.7 Å². The Hall–Kier alpha value is -1.26. The molecule has 21 heavy (non-hydrogen) atoms. The van der Waals surface area contributed by atoms with E-state index in [4.69, 9.17) is 9.47 Å². The third-order valence-corrected chi connectivity index (χ3v) is 3.95. The number of ether oxygens (including phenoxy) is 2. The van der Waals surface area contributed by atoms with Gasteiger partial charge in [0.05, 0.1) is 7.11 Å². The van der Waals surface area contributed by atoms with E-state index in [0.29, 0.717) is 0 Å². The Morgan fingerprint density at radius 1 is 1.19 bits per heavy atom. The molecular weight excluding hydrogens is 264 g/mol. The van der Waals surface area contributed by atoms with Crippen LogP contribution in [0.4, 0.5) is 0 Å². The fraction of sp³-hybridized carbons (Fsp3) is 0.647. The first kappa shape index (κ1) is 16.1. The highest BCUT2D eigenvalue weighted by atomic mass is 16.5. The second kappa shape index (κ2) is 8.90. The Labute approximate surface area is 128 Å². The number of likely N-dealkylation sites (tertiary alicyclic amines) is 1. The number of piperidine rings is 1. The van der Waals surface area contributed by atoms with Crippen molar-refractivity contribution in [1.82, 2.24) is 10.2 Å². The minimum absolute atomic E-state index is 0.722. The van der Waals surface area contributed by atoms with Gasteiger partial charge in [-0.25, -0.2) is 0 Å². The van der Waals surface area contributed by atoms with Crippen LogP contribution in [-0.4, -0.2) is 44.8 Å². The van der Waals surface area contributed by atoms with Gasteiger partial charge in [0.15, 0.2) is 11.5 Å². The third-order valence-electron chi connectivity index (χ3n) is 3.95. The quantitative estimate of drug-likeness (QED) is 0.799. The topological polar surface area (TPSA) is 33.7 Å². The molecule has 1 aromatic rings. The summed E-state index contributed by atoms with van der Waals surface area (Å²) >= 11 is 0. The number of para-hydroxylation sites is 1. The van der Waals surface area contributed by atoms with Gasteiger partial charge in [-0.3, -0.25) is 4.90 Å². The number of hydrogen-bond donors (Lipinski definition) is 1. The van der Waals surface area contributed by atoms with Crippen molar-refractivity contribution in [3.8, 4) is 11.5 Å². The standard InChI is InChI=1S/C17H28N2O2/c1-3-18-14-15-8-7-9-16(20-2)17(15)21-13-12-19-10-5-4-6-11-19/h7-9,18H,3-6,10-14H2,1-2H3. The Bertz CT molecular complexity index is 417. The molecule has 0 spiro atoms. The lowest BCUT2D eigenvalue weighted by molar-refractivity contribution is 0.180. The summed E-state index contributed by atoms with van der Waals surface area (Å²) in [5, 5.41) is 3.35. The maximum atomic E-state index is 6.05. The molecule has 2 rings (SSSR count). The van der Waals surface area contributed by atoms with E-state index >= 15 is 0 Å². The molecule has 1 aromatic carbocycles. The molecule has 0 aromatic heterocycles. The fourth-order valence-corrected chi connectivity index (χ4v) is 2.74. The molecule has 4 nitrogen and oxygen atoms in total. The molecule has 1 heterocycles. The lowest BCUT2D eigenvalue weighted by atomic mass is 10.1. The van der Waals surface area contributed by atoms with Crippen molar-refractivity contribution in [3.05, 3.63) is 23.8 Å².